The van der Waals surface area contributed by atoms with Crippen molar-refractivity contribution in [2.75, 3.05) is 6.54 Å². The zero-order valence-electron chi connectivity index (χ0n) is 17.1. The third-order valence-corrected chi connectivity index (χ3v) is 5.88. The molecular weight excluding hydrogens is 455 g/mol. The average molecular weight is 472 g/mol. The van der Waals surface area contributed by atoms with E-state index >= 15 is 0 Å². The zero-order valence-corrected chi connectivity index (χ0v) is 17.9. The molecule has 0 aliphatic carbocycles. The molecule has 10 heteroatoms. The molecule has 0 unspecified atom stereocenters. The minimum absolute atomic E-state index is 0.153. The van der Waals surface area contributed by atoms with Gasteiger partial charge in [-0.05, 0) is 61.4 Å². The summed E-state index contributed by atoms with van der Waals surface area (Å²) in [7, 11) is 0. The molecule has 0 saturated carbocycles. The number of nitrogens with one attached hydrogen (secondary N) is 1. The Kier molecular flexibility index (Phi) is 5.28. The standard InChI is InChI=1S/C23H17ClF3N5O/c24-15-6-3-13(4-7-15)20-28-10-9-17(29-20)19-2-1-11-32(19)21(33)14-5-8-16-18(12-14)31-22(30-16)23(25,26)27/h3-10,12,19H,1-2,11H2,(H,30,31)/t19-/m1/s1. The Morgan fingerprint density at radius 3 is 2.64 bits per heavy atom. The van der Waals surface area contributed by atoms with Crippen LogP contribution in [0.3, 0.4) is 0 Å². The van der Waals surface area contributed by atoms with Crippen molar-refractivity contribution in [3.05, 3.63) is 76.8 Å². The Morgan fingerprint density at radius 2 is 1.88 bits per heavy atom. The highest BCUT2D eigenvalue weighted by atomic mass is 35.5. The predicted molar refractivity (Wildman–Crippen MR) is 117 cm³/mol. The summed E-state index contributed by atoms with van der Waals surface area (Å²) in [5.74, 6) is -0.826. The lowest BCUT2D eigenvalue weighted by molar-refractivity contribution is -0.144. The van der Waals surface area contributed by atoms with Gasteiger partial charge >= 0.3 is 6.18 Å². The molecule has 33 heavy (non-hydrogen) atoms. The van der Waals surface area contributed by atoms with Crippen LogP contribution in [0.25, 0.3) is 22.4 Å². The summed E-state index contributed by atoms with van der Waals surface area (Å²) in [4.78, 5) is 29.8. The van der Waals surface area contributed by atoms with Gasteiger partial charge in [0.2, 0.25) is 5.82 Å². The van der Waals surface area contributed by atoms with E-state index in [2.05, 4.69) is 19.9 Å². The molecule has 0 bridgehead atoms. The first-order chi connectivity index (χ1) is 15.8. The summed E-state index contributed by atoms with van der Waals surface area (Å²) in [6, 6.07) is 13.0. The molecule has 1 fully saturated rings. The van der Waals surface area contributed by atoms with Gasteiger partial charge in [-0.25, -0.2) is 15.0 Å². The van der Waals surface area contributed by atoms with Gasteiger partial charge in [0.25, 0.3) is 5.91 Å². The van der Waals surface area contributed by atoms with Crippen molar-refractivity contribution in [2.24, 2.45) is 0 Å². The number of benzene rings is 2. The van der Waals surface area contributed by atoms with E-state index in [4.69, 9.17) is 11.6 Å². The van der Waals surface area contributed by atoms with E-state index in [-0.39, 0.29) is 23.0 Å². The van der Waals surface area contributed by atoms with Crippen LogP contribution in [-0.2, 0) is 6.18 Å². The number of H-pyrrole nitrogens is 1. The van der Waals surface area contributed by atoms with Gasteiger partial charge in [-0.2, -0.15) is 13.2 Å². The first-order valence-electron chi connectivity index (χ1n) is 10.3. The number of halogens is 4. The maximum absolute atomic E-state index is 13.3. The van der Waals surface area contributed by atoms with Crippen LogP contribution in [-0.4, -0.2) is 37.3 Å². The van der Waals surface area contributed by atoms with Crippen molar-refractivity contribution in [3.63, 3.8) is 0 Å². The highest BCUT2D eigenvalue weighted by Gasteiger charge is 2.35. The van der Waals surface area contributed by atoms with Crippen molar-refractivity contribution < 1.29 is 18.0 Å². The van der Waals surface area contributed by atoms with Gasteiger partial charge in [0.1, 0.15) is 0 Å². The smallest absolute Gasteiger partial charge is 0.334 e. The van der Waals surface area contributed by atoms with E-state index in [0.717, 1.165) is 18.4 Å². The molecule has 3 heterocycles. The van der Waals surface area contributed by atoms with Crippen molar-refractivity contribution in [1.29, 1.82) is 0 Å². The van der Waals surface area contributed by atoms with Crippen LogP contribution in [0.15, 0.2) is 54.7 Å². The van der Waals surface area contributed by atoms with Gasteiger partial charge in [0, 0.05) is 28.9 Å². The molecule has 168 valence electrons. The Morgan fingerprint density at radius 1 is 1.09 bits per heavy atom. The molecule has 1 aliphatic heterocycles. The van der Waals surface area contributed by atoms with Gasteiger partial charge in [-0.3, -0.25) is 4.79 Å². The van der Waals surface area contributed by atoms with Crippen LogP contribution in [0.1, 0.15) is 40.8 Å². The van der Waals surface area contributed by atoms with E-state index in [0.29, 0.717) is 28.6 Å². The van der Waals surface area contributed by atoms with Crippen molar-refractivity contribution in [1.82, 2.24) is 24.8 Å². The molecule has 1 amide bonds. The van der Waals surface area contributed by atoms with E-state index < -0.39 is 12.0 Å². The second-order valence-electron chi connectivity index (χ2n) is 7.78. The van der Waals surface area contributed by atoms with Crippen LogP contribution in [0.5, 0.6) is 0 Å². The predicted octanol–water partition coefficient (Wildman–Crippen LogP) is 5.67. The SMILES string of the molecule is O=C(c1ccc2nc(C(F)(F)F)[nH]c2c1)N1CCC[C@@H]1c1ccnc(-c2ccc(Cl)cc2)n1. The number of nitrogens with zero attached hydrogens (tertiary/aromatic N) is 4. The van der Waals surface area contributed by atoms with Crippen molar-refractivity contribution >= 4 is 28.5 Å². The number of alkyl halides is 3. The Labute approximate surface area is 191 Å². The fraction of sp³-hybridized carbons (Fsp3) is 0.217. The van der Waals surface area contributed by atoms with Gasteiger partial charge in [0.05, 0.1) is 22.8 Å². The minimum Gasteiger partial charge on any atom is -0.334 e. The molecule has 1 aliphatic rings. The molecule has 5 rings (SSSR count). The molecule has 1 saturated heterocycles. The molecule has 2 aromatic carbocycles. The number of imidazole rings is 1. The maximum Gasteiger partial charge on any atom is 0.449 e. The molecular formula is C23H17ClF3N5O. The first kappa shape index (κ1) is 21.4. The number of carbonyl (C=O) groups is 1. The second-order valence-corrected chi connectivity index (χ2v) is 8.22. The number of hydrogen-bond acceptors (Lipinski definition) is 4. The van der Waals surface area contributed by atoms with Crippen LogP contribution in [0.4, 0.5) is 13.2 Å². The monoisotopic (exact) mass is 471 g/mol. The fourth-order valence-corrected chi connectivity index (χ4v) is 4.18. The number of carbonyl (C=O) groups excluding carboxylic acids is 1. The number of rotatable bonds is 3. The number of hydrogen-bond donors (Lipinski definition) is 1. The molecule has 2 aromatic heterocycles. The number of aromatic nitrogens is 4. The second kappa shape index (κ2) is 8.15. The lowest BCUT2D eigenvalue weighted by atomic mass is 10.1. The van der Waals surface area contributed by atoms with Crippen LogP contribution < -0.4 is 0 Å². The summed E-state index contributed by atoms with van der Waals surface area (Å²) in [5.41, 5.74) is 2.13. The van der Waals surface area contributed by atoms with Crippen molar-refractivity contribution in [3.8, 4) is 11.4 Å². The normalized spacial score (nSPS) is 16.5. The Hall–Kier alpha value is -3.46. The quantitative estimate of drug-likeness (QED) is 0.418. The Balaban J connectivity index is 1.43. The molecule has 0 radical (unpaired) electrons. The van der Waals surface area contributed by atoms with Gasteiger partial charge < -0.3 is 9.88 Å². The average Bonchev–Trinajstić information content (AvgIpc) is 3.46. The lowest BCUT2D eigenvalue weighted by Gasteiger charge is -2.24. The molecule has 0 spiro atoms. The van der Waals surface area contributed by atoms with E-state index in [1.165, 1.54) is 18.2 Å². The summed E-state index contributed by atoms with van der Waals surface area (Å²) < 4.78 is 38.9. The summed E-state index contributed by atoms with van der Waals surface area (Å²) in [5, 5.41) is 0.610. The molecule has 6 nitrogen and oxygen atoms in total. The van der Waals surface area contributed by atoms with E-state index in [1.54, 1.807) is 29.3 Å². The third-order valence-electron chi connectivity index (χ3n) is 5.63. The zero-order chi connectivity index (χ0) is 23.2. The summed E-state index contributed by atoms with van der Waals surface area (Å²) in [6.45, 7) is 0.526. The van der Waals surface area contributed by atoms with E-state index in [9.17, 15) is 18.0 Å². The van der Waals surface area contributed by atoms with E-state index in [1.807, 2.05) is 12.1 Å². The minimum atomic E-state index is -4.59. The molecule has 1 atom stereocenters. The van der Waals surface area contributed by atoms with Crippen LogP contribution in [0, 0.1) is 0 Å². The molecule has 1 N–H and O–H groups in total. The van der Waals surface area contributed by atoms with Gasteiger partial charge in [-0.15, -0.1) is 0 Å². The Bertz CT molecular complexity index is 1340. The highest BCUT2D eigenvalue weighted by Crippen LogP contribution is 2.34. The first-order valence-corrected chi connectivity index (χ1v) is 10.6. The largest absolute Gasteiger partial charge is 0.449 e. The number of likely N-dealkylation sites (tertiary alicyclic amines) is 1. The molecule has 4 aromatic rings. The van der Waals surface area contributed by atoms with Crippen LogP contribution >= 0.6 is 11.6 Å². The summed E-state index contributed by atoms with van der Waals surface area (Å²) in [6.07, 6.45) is -1.41. The lowest BCUT2D eigenvalue weighted by Crippen LogP contribution is -2.31. The summed E-state index contributed by atoms with van der Waals surface area (Å²) >= 11 is 5.96. The van der Waals surface area contributed by atoms with Crippen LogP contribution in [0.2, 0.25) is 5.02 Å². The number of fused-ring (bicyclic) bond motifs is 1. The van der Waals surface area contributed by atoms with Gasteiger partial charge in [0.15, 0.2) is 5.82 Å². The number of aromatic amines is 1. The number of amides is 1. The third kappa shape index (κ3) is 4.16. The highest BCUT2D eigenvalue weighted by molar-refractivity contribution is 6.30. The van der Waals surface area contributed by atoms with Gasteiger partial charge in [-0.1, -0.05) is 11.6 Å². The van der Waals surface area contributed by atoms with Crippen molar-refractivity contribution in [2.45, 2.75) is 25.1 Å². The topological polar surface area (TPSA) is 74.8 Å². The maximum atomic E-state index is 13.3. The fourth-order valence-electron chi connectivity index (χ4n) is 4.06.